The number of hydrogen-bond acceptors (Lipinski definition) is 4. The number of imidazole rings is 1. The highest BCUT2D eigenvalue weighted by molar-refractivity contribution is 7.99. The van der Waals surface area contributed by atoms with E-state index in [1.807, 2.05) is 54.9 Å². The van der Waals surface area contributed by atoms with Crippen molar-refractivity contribution in [3.63, 3.8) is 0 Å². The van der Waals surface area contributed by atoms with Gasteiger partial charge in [0.05, 0.1) is 17.5 Å². The molecule has 0 bridgehead atoms. The number of amides is 1. The quantitative estimate of drug-likeness (QED) is 0.645. The highest BCUT2D eigenvalue weighted by Gasteiger charge is 2.13. The molecule has 0 aliphatic carbocycles. The summed E-state index contributed by atoms with van der Waals surface area (Å²) < 4.78 is 1.95. The molecule has 0 fully saturated rings. The summed E-state index contributed by atoms with van der Waals surface area (Å²) in [7, 11) is 0. The fourth-order valence-electron chi connectivity index (χ4n) is 2.57. The van der Waals surface area contributed by atoms with Gasteiger partial charge in [-0.3, -0.25) is 14.3 Å². The summed E-state index contributed by atoms with van der Waals surface area (Å²) in [5.74, 6) is 0.227. The van der Waals surface area contributed by atoms with E-state index in [9.17, 15) is 4.79 Å². The highest BCUT2D eigenvalue weighted by atomic mass is 35.5. The number of nitrogens with one attached hydrogen (secondary N) is 1. The van der Waals surface area contributed by atoms with Crippen molar-refractivity contribution < 1.29 is 4.79 Å². The Morgan fingerprint density at radius 3 is 2.92 bits per heavy atom. The van der Waals surface area contributed by atoms with Crippen LogP contribution < -0.4 is 5.32 Å². The second kappa shape index (κ2) is 8.38. The lowest BCUT2D eigenvalue weighted by Crippen LogP contribution is -2.28. The van der Waals surface area contributed by atoms with Crippen molar-refractivity contribution in [1.29, 1.82) is 0 Å². The van der Waals surface area contributed by atoms with E-state index in [-0.39, 0.29) is 17.7 Å². The molecule has 0 saturated heterocycles. The van der Waals surface area contributed by atoms with Crippen molar-refractivity contribution in [3.05, 3.63) is 71.3 Å². The molecule has 0 aliphatic heterocycles. The zero-order valence-electron chi connectivity index (χ0n) is 14.5. The molecule has 0 spiro atoms. The third-order valence-electron chi connectivity index (χ3n) is 4.00. The van der Waals surface area contributed by atoms with Crippen molar-refractivity contribution in [2.24, 2.45) is 0 Å². The summed E-state index contributed by atoms with van der Waals surface area (Å²) in [5.41, 5.74) is 2.91. The Morgan fingerprint density at radius 1 is 1.31 bits per heavy atom. The lowest BCUT2D eigenvalue weighted by molar-refractivity contribution is -0.119. The Hall–Kier alpha value is -2.31. The lowest BCUT2D eigenvalue weighted by Gasteiger charge is -2.14. The standard InChI is InChI=1S/C19H19ClN4OS/c1-13-16(20)6-3-7-17(13)24-10-9-22-19(24)26-12-18(25)23-14(2)15-5-4-8-21-11-15/h3-11,14H,12H2,1-2H3,(H,23,25). The first kappa shape index (κ1) is 18.5. The van der Waals surface area contributed by atoms with Gasteiger partial charge in [0.15, 0.2) is 5.16 Å². The second-order valence-electron chi connectivity index (χ2n) is 5.83. The number of thioether (sulfide) groups is 1. The minimum Gasteiger partial charge on any atom is -0.349 e. The van der Waals surface area contributed by atoms with Crippen LogP contribution in [0.2, 0.25) is 5.02 Å². The number of aromatic nitrogens is 3. The second-order valence-corrected chi connectivity index (χ2v) is 7.18. The van der Waals surface area contributed by atoms with Crippen LogP contribution in [-0.2, 0) is 4.79 Å². The van der Waals surface area contributed by atoms with E-state index in [1.165, 1.54) is 11.8 Å². The van der Waals surface area contributed by atoms with Gasteiger partial charge in [0.2, 0.25) is 5.91 Å². The first-order valence-electron chi connectivity index (χ1n) is 8.17. The van der Waals surface area contributed by atoms with Crippen LogP contribution in [-0.4, -0.2) is 26.2 Å². The van der Waals surface area contributed by atoms with Crippen LogP contribution in [0.15, 0.2) is 60.3 Å². The molecule has 26 heavy (non-hydrogen) atoms. The summed E-state index contributed by atoms with van der Waals surface area (Å²) in [6.45, 7) is 3.91. The molecule has 5 nitrogen and oxygen atoms in total. The van der Waals surface area contributed by atoms with Gasteiger partial charge in [0.1, 0.15) is 0 Å². The Balaban J connectivity index is 1.65. The van der Waals surface area contributed by atoms with Crippen molar-refractivity contribution in [1.82, 2.24) is 19.9 Å². The minimum atomic E-state index is -0.0910. The van der Waals surface area contributed by atoms with Crippen LogP contribution in [0.25, 0.3) is 5.69 Å². The number of benzene rings is 1. The van der Waals surface area contributed by atoms with Gasteiger partial charge >= 0.3 is 0 Å². The van der Waals surface area contributed by atoms with Gasteiger partial charge in [-0.2, -0.15) is 0 Å². The maximum Gasteiger partial charge on any atom is 0.230 e. The molecule has 0 aliphatic rings. The van der Waals surface area contributed by atoms with Crippen molar-refractivity contribution in [2.45, 2.75) is 25.0 Å². The van der Waals surface area contributed by atoms with E-state index in [1.54, 1.807) is 18.6 Å². The van der Waals surface area contributed by atoms with E-state index < -0.39 is 0 Å². The summed E-state index contributed by atoms with van der Waals surface area (Å²) in [6.07, 6.45) is 7.06. The van der Waals surface area contributed by atoms with Crippen LogP contribution in [0.3, 0.4) is 0 Å². The third-order valence-corrected chi connectivity index (χ3v) is 5.38. The van der Waals surface area contributed by atoms with Gasteiger partial charge in [0.25, 0.3) is 0 Å². The monoisotopic (exact) mass is 386 g/mol. The third kappa shape index (κ3) is 4.26. The summed E-state index contributed by atoms with van der Waals surface area (Å²) >= 11 is 7.61. The molecule has 1 N–H and O–H groups in total. The molecular weight excluding hydrogens is 368 g/mol. The number of carbonyl (C=O) groups excluding carboxylic acids is 1. The van der Waals surface area contributed by atoms with Crippen LogP contribution in [0, 0.1) is 6.92 Å². The van der Waals surface area contributed by atoms with Crippen molar-refractivity contribution in [3.8, 4) is 5.69 Å². The molecule has 7 heteroatoms. The topological polar surface area (TPSA) is 59.8 Å². The Kier molecular flexibility index (Phi) is 5.96. The molecule has 134 valence electrons. The van der Waals surface area contributed by atoms with Crippen LogP contribution in [0.5, 0.6) is 0 Å². The van der Waals surface area contributed by atoms with Crippen molar-refractivity contribution >= 4 is 29.3 Å². The van der Waals surface area contributed by atoms with Gasteiger partial charge in [-0.25, -0.2) is 4.98 Å². The zero-order chi connectivity index (χ0) is 18.5. The Labute approximate surface area is 161 Å². The molecule has 0 saturated carbocycles. The van der Waals surface area contributed by atoms with Crippen molar-refractivity contribution in [2.75, 3.05) is 5.75 Å². The van der Waals surface area contributed by atoms with Crippen LogP contribution >= 0.6 is 23.4 Å². The minimum absolute atomic E-state index is 0.0521. The van der Waals surface area contributed by atoms with E-state index in [2.05, 4.69) is 15.3 Å². The van der Waals surface area contributed by atoms with E-state index in [0.29, 0.717) is 5.02 Å². The molecular formula is C19H19ClN4OS. The maximum atomic E-state index is 12.3. The Bertz CT molecular complexity index is 898. The van der Waals surface area contributed by atoms with Crippen LogP contribution in [0.1, 0.15) is 24.1 Å². The summed E-state index contributed by atoms with van der Waals surface area (Å²) in [4.78, 5) is 20.7. The average molecular weight is 387 g/mol. The maximum absolute atomic E-state index is 12.3. The largest absolute Gasteiger partial charge is 0.349 e. The molecule has 1 unspecified atom stereocenters. The smallest absolute Gasteiger partial charge is 0.230 e. The molecule has 0 radical (unpaired) electrons. The molecule has 1 atom stereocenters. The number of rotatable bonds is 6. The fourth-order valence-corrected chi connectivity index (χ4v) is 3.51. The zero-order valence-corrected chi connectivity index (χ0v) is 16.1. The van der Waals surface area contributed by atoms with Gasteiger partial charge in [0, 0.05) is 29.8 Å². The summed E-state index contributed by atoms with van der Waals surface area (Å²) in [6, 6.07) is 9.46. The molecule has 2 heterocycles. The molecule has 2 aromatic heterocycles. The van der Waals surface area contributed by atoms with Gasteiger partial charge < -0.3 is 5.32 Å². The van der Waals surface area contributed by atoms with Crippen LogP contribution in [0.4, 0.5) is 0 Å². The number of carbonyl (C=O) groups is 1. The van der Waals surface area contributed by atoms with Gasteiger partial charge in [-0.05, 0) is 43.2 Å². The van der Waals surface area contributed by atoms with Gasteiger partial charge in [-0.15, -0.1) is 0 Å². The first-order chi connectivity index (χ1) is 12.6. The molecule has 3 rings (SSSR count). The SMILES string of the molecule is Cc1c(Cl)cccc1-n1ccnc1SCC(=O)NC(C)c1cccnc1. The highest BCUT2D eigenvalue weighted by Crippen LogP contribution is 2.26. The van der Waals surface area contributed by atoms with E-state index in [0.717, 1.165) is 22.0 Å². The molecule has 1 amide bonds. The average Bonchev–Trinajstić information content (AvgIpc) is 3.11. The molecule has 1 aromatic carbocycles. The van der Waals surface area contributed by atoms with E-state index >= 15 is 0 Å². The fraction of sp³-hybridized carbons (Fsp3) is 0.211. The predicted octanol–water partition coefficient (Wildman–Crippen LogP) is 4.20. The normalized spacial score (nSPS) is 12.0. The lowest BCUT2D eigenvalue weighted by atomic mass is 10.1. The number of halogens is 1. The molecule has 3 aromatic rings. The summed E-state index contributed by atoms with van der Waals surface area (Å²) in [5, 5.41) is 4.43. The predicted molar refractivity (Wildman–Crippen MR) is 105 cm³/mol. The van der Waals surface area contributed by atoms with Gasteiger partial charge in [-0.1, -0.05) is 35.5 Å². The Morgan fingerprint density at radius 2 is 2.15 bits per heavy atom. The number of hydrogen-bond donors (Lipinski definition) is 1. The number of nitrogens with zero attached hydrogens (tertiary/aromatic N) is 3. The first-order valence-corrected chi connectivity index (χ1v) is 9.53. The number of pyridine rings is 1. The van der Waals surface area contributed by atoms with E-state index in [4.69, 9.17) is 11.6 Å².